The van der Waals surface area contributed by atoms with Crippen molar-refractivity contribution in [1.82, 2.24) is 19.6 Å². The number of halogens is 2. The van der Waals surface area contributed by atoms with E-state index in [1.165, 1.54) is 0 Å². The molecule has 6 rings (SSSR count). The second-order valence-electron chi connectivity index (χ2n) is 9.72. The number of aliphatic carboxylic acids is 2. The molecule has 224 valence electrons. The third kappa shape index (κ3) is 9.06. The van der Waals surface area contributed by atoms with Crippen LogP contribution in [0.5, 0.6) is 0 Å². The molecule has 0 fully saturated rings. The summed E-state index contributed by atoms with van der Waals surface area (Å²) < 4.78 is 3.39. The molecular formula is C34H28CaCl2N4O4. The van der Waals surface area contributed by atoms with Crippen LogP contribution in [0.1, 0.15) is 14.0 Å². The van der Waals surface area contributed by atoms with Gasteiger partial charge in [0.05, 0.1) is 35.6 Å². The molecular weight excluding hydrogens is 639 g/mol. The Hall–Kier alpha value is -3.92. The molecule has 0 saturated heterocycles. The van der Waals surface area contributed by atoms with E-state index in [1.54, 1.807) is 46.0 Å². The second kappa shape index (κ2) is 15.9. The summed E-state index contributed by atoms with van der Waals surface area (Å²) >= 11 is 11.8. The SMILES string of the molecule is O=C(O)Cc1cn(-c2ccccc2)nc1-c1ccc(Cl)cc1.O=C(O)Cc1cn(-c2ccccc2)nc1-c1ccc(Cl)cc1.[Ca+2].[H-].[H-]. The van der Waals surface area contributed by atoms with Crippen LogP contribution in [-0.2, 0) is 22.4 Å². The Labute approximate surface area is 302 Å². The van der Waals surface area contributed by atoms with Crippen LogP contribution in [0.15, 0.2) is 122 Å². The molecule has 2 N–H and O–H groups in total. The molecule has 0 aliphatic rings. The van der Waals surface area contributed by atoms with Gasteiger partial charge in [-0.1, -0.05) is 83.9 Å². The minimum Gasteiger partial charge on any atom is -1.00 e. The van der Waals surface area contributed by atoms with Crippen LogP contribution in [0, 0.1) is 0 Å². The molecule has 0 spiro atoms. The Morgan fingerprint density at radius 2 is 0.911 bits per heavy atom. The number of hydrogen-bond donors (Lipinski definition) is 2. The maximum atomic E-state index is 11.1. The number of benzene rings is 4. The van der Waals surface area contributed by atoms with Crippen molar-refractivity contribution in [2.45, 2.75) is 12.8 Å². The number of nitrogens with zero attached hydrogens (tertiary/aromatic N) is 4. The molecule has 2 aromatic heterocycles. The average molecular weight is 668 g/mol. The normalized spacial score (nSPS) is 10.4. The van der Waals surface area contributed by atoms with Gasteiger partial charge in [-0.15, -0.1) is 0 Å². The summed E-state index contributed by atoms with van der Waals surface area (Å²) in [4.78, 5) is 22.2. The molecule has 6 aromatic rings. The summed E-state index contributed by atoms with van der Waals surface area (Å²) in [6.45, 7) is 0. The summed E-state index contributed by atoms with van der Waals surface area (Å²) in [6, 6.07) is 33.6. The van der Waals surface area contributed by atoms with Crippen molar-refractivity contribution in [2.75, 3.05) is 0 Å². The number of aromatic nitrogens is 4. The molecule has 0 atom stereocenters. The maximum absolute atomic E-state index is 11.1. The van der Waals surface area contributed by atoms with Crippen LogP contribution in [0.3, 0.4) is 0 Å². The number of rotatable bonds is 8. The Balaban J connectivity index is 0.000000307. The smallest absolute Gasteiger partial charge is 1.00 e. The average Bonchev–Trinajstić information content (AvgIpc) is 3.63. The molecule has 0 bridgehead atoms. The Morgan fingerprint density at radius 1 is 0.578 bits per heavy atom. The molecule has 0 amide bonds. The van der Waals surface area contributed by atoms with Crippen LogP contribution in [0.25, 0.3) is 33.9 Å². The van der Waals surface area contributed by atoms with Gasteiger partial charge >= 0.3 is 49.7 Å². The first-order valence-electron chi connectivity index (χ1n) is 13.5. The monoisotopic (exact) mass is 666 g/mol. The number of carboxylic acid groups (broad SMARTS) is 2. The maximum Gasteiger partial charge on any atom is 2.00 e. The molecule has 8 nitrogen and oxygen atoms in total. The second-order valence-corrected chi connectivity index (χ2v) is 10.6. The standard InChI is InChI=1S/2C17H13ClN2O2.Ca.2H/c2*18-14-8-6-12(7-9-14)17-13(10-16(21)22)11-20(19-17)15-4-2-1-3-5-15;;;/h2*1-9,11H,10H2,(H,21,22);;;/q;;+2;2*-1. The summed E-state index contributed by atoms with van der Waals surface area (Å²) in [5.41, 5.74) is 6.09. The van der Waals surface area contributed by atoms with E-state index in [0.29, 0.717) is 32.6 Å². The fraction of sp³-hybridized carbons (Fsp3) is 0.0588. The van der Waals surface area contributed by atoms with Gasteiger partial charge in [-0.2, -0.15) is 10.2 Å². The van der Waals surface area contributed by atoms with Crippen LogP contribution in [-0.4, -0.2) is 79.5 Å². The van der Waals surface area contributed by atoms with Crippen molar-refractivity contribution in [3.05, 3.63) is 143 Å². The number of hydrogen-bond acceptors (Lipinski definition) is 4. The van der Waals surface area contributed by atoms with Crippen LogP contribution in [0.4, 0.5) is 0 Å². The van der Waals surface area contributed by atoms with E-state index in [2.05, 4.69) is 10.2 Å². The zero-order chi connectivity index (χ0) is 31.1. The first-order valence-corrected chi connectivity index (χ1v) is 14.3. The predicted molar refractivity (Wildman–Crippen MR) is 179 cm³/mol. The molecule has 0 saturated carbocycles. The largest absolute Gasteiger partial charge is 2.00 e. The Kier molecular flexibility index (Phi) is 12.0. The van der Waals surface area contributed by atoms with E-state index in [4.69, 9.17) is 33.4 Å². The molecule has 4 aromatic carbocycles. The van der Waals surface area contributed by atoms with Gasteiger partial charge < -0.3 is 13.1 Å². The summed E-state index contributed by atoms with van der Waals surface area (Å²) in [7, 11) is 0. The first-order chi connectivity index (χ1) is 21.3. The van der Waals surface area contributed by atoms with E-state index in [-0.39, 0.29) is 53.4 Å². The van der Waals surface area contributed by atoms with Gasteiger partial charge in [0.1, 0.15) is 0 Å². The number of carboxylic acids is 2. The van der Waals surface area contributed by atoms with Gasteiger partial charge in [0.2, 0.25) is 0 Å². The van der Waals surface area contributed by atoms with Crippen molar-refractivity contribution >= 4 is 72.9 Å². The van der Waals surface area contributed by atoms with Gasteiger partial charge in [0.15, 0.2) is 0 Å². The number of para-hydroxylation sites is 2. The summed E-state index contributed by atoms with van der Waals surface area (Å²) in [5.74, 6) is -1.77. The molecule has 0 unspecified atom stereocenters. The fourth-order valence-corrected chi connectivity index (χ4v) is 4.78. The molecule has 0 radical (unpaired) electrons. The summed E-state index contributed by atoms with van der Waals surface area (Å²) in [6.07, 6.45) is 3.36. The number of carbonyl (C=O) groups is 2. The molecule has 0 aliphatic carbocycles. The van der Waals surface area contributed by atoms with Crippen molar-refractivity contribution < 1.29 is 22.7 Å². The van der Waals surface area contributed by atoms with E-state index in [9.17, 15) is 9.59 Å². The van der Waals surface area contributed by atoms with Gasteiger partial charge in [-0.05, 0) is 48.5 Å². The summed E-state index contributed by atoms with van der Waals surface area (Å²) in [5, 5.41) is 28.6. The van der Waals surface area contributed by atoms with E-state index < -0.39 is 11.9 Å². The van der Waals surface area contributed by atoms with Crippen LogP contribution in [0.2, 0.25) is 10.0 Å². The van der Waals surface area contributed by atoms with Gasteiger partial charge in [-0.3, -0.25) is 9.59 Å². The van der Waals surface area contributed by atoms with E-state index in [0.717, 1.165) is 22.5 Å². The van der Waals surface area contributed by atoms with Crippen molar-refractivity contribution in [3.63, 3.8) is 0 Å². The van der Waals surface area contributed by atoms with Gasteiger partial charge in [-0.25, -0.2) is 9.36 Å². The van der Waals surface area contributed by atoms with E-state index >= 15 is 0 Å². The fourth-order valence-electron chi connectivity index (χ4n) is 4.53. The van der Waals surface area contributed by atoms with Crippen molar-refractivity contribution in [2.24, 2.45) is 0 Å². The third-order valence-electron chi connectivity index (χ3n) is 6.54. The zero-order valence-electron chi connectivity index (χ0n) is 25.9. The Morgan fingerprint density at radius 3 is 1.22 bits per heavy atom. The molecule has 2 heterocycles. The van der Waals surface area contributed by atoms with Gasteiger partial charge in [0, 0.05) is 44.7 Å². The Bertz CT molecular complexity index is 1750. The minimum absolute atomic E-state index is 0. The minimum atomic E-state index is -0.886. The predicted octanol–water partition coefficient (Wildman–Crippen LogP) is 7.48. The molecule has 11 heteroatoms. The van der Waals surface area contributed by atoms with Gasteiger partial charge in [0.25, 0.3) is 0 Å². The van der Waals surface area contributed by atoms with Crippen molar-refractivity contribution in [3.8, 4) is 33.9 Å². The van der Waals surface area contributed by atoms with Crippen molar-refractivity contribution in [1.29, 1.82) is 0 Å². The topological polar surface area (TPSA) is 110 Å². The molecule has 45 heavy (non-hydrogen) atoms. The molecule has 0 aliphatic heterocycles. The first kappa shape index (κ1) is 34.0. The zero-order valence-corrected chi connectivity index (χ0v) is 27.6. The van der Waals surface area contributed by atoms with Crippen LogP contribution >= 0.6 is 23.2 Å². The van der Waals surface area contributed by atoms with Crippen LogP contribution < -0.4 is 0 Å². The quantitative estimate of drug-likeness (QED) is 0.163. The van der Waals surface area contributed by atoms with E-state index in [1.807, 2.05) is 84.9 Å². The third-order valence-corrected chi connectivity index (χ3v) is 7.04.